The lowest BCUT2D eigenvalue weighted by Crippen LogP contribution is -2.62. The number of nitrogens with one attached hydrogen (secondary N) is 1. The van der Waals surface area contributed by atoms with E-state index in [9.17, 15) is 0 Å². The van der Waals surface area contributed by atoms with Crippen molar-refractivity contribution in [3.63, 3.8) is 0 Å². The summed E-state index contributed by atoms with van der Waals surface area (Å²) in [7, 11) is 0. The third-order valence-electron chi connectivity index (χ3n) is 8.92. The highest BCUT2D eigenvalue weighted by molar-refractivity contribution is 7.80. The summed E-state index contributed by atoms with van der Waals surface area (Å²) in [5.41, 5.74) is 8.19. The summed E-state index contributed by atoms with van der Waals surface area (Å²) in [6.07, 6.45) is 12.2. The molecule has 0 aliphatic heterocycles. The molecule has 4 heteroatoms. The van der Waals surface area contributed by atoms with E-state index in [2.05, 4.69) is 35.6 Å². The van der Waals surface area contributed by atoms with E-state index in [0.29, 0.717) is 17.5 Å². The van der Waals surface area contributed by atoms with Gasteiger partial charge in [0.2, 0.25) is 0 Å². The molecular formula is C25H35ClN2S. The van der Waals surface area contributed by atoms with Gasteiger partial charge in [0.25, 0.3) is 0 Å². The van der Waals surface area contributed by atoms with Crippen LogP contribution in [-0.2, 0) is 5.41 Å². The van der Waals surface area contributed by atoms with Crippen molar-refractivity contribution in [1.82, 2.24) is 5.32 Å². The lowest BCUT2D eigenvalue weighted by atomic mass is 9.40. The van der Waals surface area contributed by atoms with Gasteiger partial charge in [-0.15, -0.1) is 11.6 Å². The van der Waals surface area contributed by atoms with E-state index in [1.54, 1.807) is 5.56 Å². The van der Waals surface area contributed by atoms with Gasteiger partial charge in [0.15, 0.2) is 0 Å². The van der Waals surface area contributed by atoms with Gasteiger partial charge in [-0.05, 0) is 92.9 Å². The molecule has 5 aliphatic rings. The summed E-state index contributed by atoms with van der Waals surface area (Å²) in [5, 5.41) is 3.86. The number of rotatable bonds is 5. The van der Waals surface area contributed by atoms with Gasteiger partial charge in [-0.1, -0.05) is 42.5 Å². The first-order chi connectivity index (χ1) is 14.0. The first kappa shape index (κ1) is 20.3. The van der Waals surface area contributed by atoms with Crippen LogP contribution in [0.4, 0.5) is 0 Å². The topological polar surface area (TPSA) is 38.0 Å². The van der Waals surface area contributed by atoms with Gasteiger partial charge in [-0.2, -0.15) is 0 Å². The van der Waals surface area contributed by atoms with E-state index in [4.69, 9.17) is 29.6 Å². The average molecular weight is 431 g/mol. The average Bonchev–Trinajstić information content (AvgIpc) is 2.72. The van der Waals surface area contributed by atoms with Gasteiger partial charge in [-0.25, -0.2) is 0 Å². The number of hydrogen-bond donors (Lipinski definition) is 2. The number of thiocarbonyl (C=S) groups is 1. The molecule has 5 aliphatic carbocycles. The van der Waals surface area contributed by atoms with Crippen molar-refractivity contribution < 1.29 is 0 Å². The predicted octanol–water partition coefficient (Wildman–Crippen LogP) is 5.57. The van der Waals surface area contributed by atoms with Gasteiger partial charge in [0.1, 0.15) is 0 Å². The zero-order valence-corrected chi connectivity index (χ0v) is 19.0. The van der Waals surface area contributed by atoms with Crippen LogP contribution in [0.3, 0.4) is 0 Å². The molecule has 0 radical (unpaired) electrons. The molecule has 0 amide bonds. The Morgan fingerprint density at radius 2 is 1.69 bits per heavy atom. The molecule has 2 atom stereocenters. The summed E-state index contributed by atoms with van der Waals surface area (Å²) in [6, 6.07) is 12.3. The molecule has 0 aromatic heterocycles. The minimum absolute atomic E-state index is 0.194. The van der Waals surface area contributed by atoms with E-state index in [1.807, 2.05) is 0 Å². The van der Waals surface area contributed by atoms with Gasteiger partial charge >= 0.3 is 0 Å². The second kappa shape index (κ2) is 7.80. The van der Waals surface area contributed by atoms with Crippen LogP contribution in [-0.4, -0.2) is 23.0 Å². The van der Waals surface area contributed by atoms with Crippen molar-refractivity contribution in [2.24, 2.45) is 28.9 Å². The van der Waals surface area contributed by atoms with Crippen LogP contribution in [0.2, 0.25) is 0 Å². The number of hydrogen-bond acceptors (Lipinski definition) is 2. The second-order valence-electron chi connectivity index (χ2n) is 10.7. The molecule has 1 aromatic rings. The van der Waals surface area contributed by atoms with Crippen LogP contribution in [0.15, 0.2) is 30.3 Å². The molecule has 3 N–H and O–H groups in total. The van der Waals surface area contributed by atoms with Crippen molar-refractivity contribution in [3.8, 4) is 0 Å². The fraction of sp³-hybridized carbons (Fsp3) is 0.720. The largest absolute Gasteiger partial charge is 0.376 e. The van der Waals surface area contributed by atoms with E-state index < -0.39 is 0 Å². The first-order valence-electron chi connectivity index (χ1n) is 11.7. The van der Waals surface area contributed by atoms with Crippen LogP contribution < -0.4 is 11.1 Å². The van der Waals surface area contributed by atoms with Crippen molar-refractivity contribution in [3.05, 3.63) is 35.9 Å². The fourth-order valence-electron chi connectivity index (χ4n) is 7.84. The molecule has 6 rings (SSSR count). The molecular weight excluding hydrogens is 396 g/mol. The van der Waals surface area contributed by atoms with Crippen molar-refractivity contribution in [2.75, 3.05) is 5.88 Å². The summed E-state index contributed by atoms with van der Waals surface area (Å²) in [4.78, 5) is 1.18. The predicted molar refractivity (Wildman–Crippen MR) is 125 cm³/mol. The maximum atomic E-state index is 6.24. The van der Waals surface area contributed by atoms with E-state index in [-0.39, 0.29) is 5.41 Å². The highest BCUT2D eigenvalue weighted by Gasteiger charge is 2.62. The molecule has 4 bridgehead atoms. The molecule has 1 aromatic carbocycles. The second-order valence-corrected chi connectivity index (χ2v) is 11.5. The molecule has 5 fully saturated rings. The van der Waals surface area contributed by atoms with Gasteiger partial charge in [0, 0.05) is 23.4 Å². The molecule has 2 nitrogen and oxygen atoms in total. The smallest absolute Gasteiger partial charge is 0.0818 e. The quantitative estimate of drug-likeness (QED) is 0.474. The summed E-state index contributed by atoms with van der Waals surface area (Å²) in [6.45, 7) is 0. The Bertz CT molecular complexity index is 726. The Labute approximate surface area is 186 Å². The zero-order valence-electron chi connectivity index (χ0n) is 17.4. The van der Waals surface area contributed by atoms with Crippen molar-refractivity contribution in [1.29, 1.82) is 0 Å². The molecule has 158 valence electrons. The summed E-state index contributed by atoms with van der Waals surface area (Å²) < 4.78 is 0. The number of halogens is 1. The maximum absolute atomic E-state index is 6.24. The van der Waals surface area contributed by atoms with E-state index in [1.165, 1.54) is 56.4 Å². The lowest BCUT2D eigenvalue weighted by molar-refractivity contribution is -0.0821. The summed E-state index contributed by atoms with van der Waals surface area (Å²) in [5.74, 6) is 3.14. The zero-order chi connectivity index (χ0) is 20.1. The maximum Gasteiger partial charge on any atom is 0.0818 e. The van der Waals surface area contributed by atoms with Gasteiger partial charge < -0.3 is 11.1 Å². The van der Waals surface area contributed by atoms with E-state index >= 15 is 0 Å². The van der Waals surface area contributed by atoms with Gasteiger partial charge in [-0.3, -0.25) is 0 Å². The third kappa shape index (κ3) is 3.55. The Balaban J connectivity index is 1.42. The Morgan fingerprint density at radius 3 is 2.31 bits per heavy atom. The Kier molecular flexibility index (Phi) is 5.45. The Morgan fingerprint density at radius 1 is 1.03 bits per heavy atom. The molecule has 2 unspecified atom stereocenters. The Hall–Kier alpha value is -0.640. The highest BCUT2D eigenvalue weighted by Crippen LogP contribution is 2.68. The molecule has 5 saturated carbocycles. The molecule has 29 heavy (non-hydrogen) atoms. The van der Waals surface area contributed by atoms with Crippen LogP contribution in [0.25, 0.3) is 0 Å². The summed E-state index contributed by atoms with van der Waals surface area (Å²) >= 11 is 12.4. The molecule has 0 heterocycles. The van der Waals surface area contributed by atoms with Crippen LogP contribution >= 0.6 is 23.8 Å². The fourth-order valence-corrected chi connectivity index (χ4v) is 8.50. The van der Waals surface area contributed by atoms with Crippen LogP contribution in [0.5, 0.6) is 0 Å². The monoisotopic (exact) mass is 430 g/mol. The molecule has 0 spiro atoms. The normalized spacial score (nSPS) is 43.3. The van der Waals surface area contributed by atoms with Gasteiger partial charge in [0.05, 0.1) is 4.99 Å². The van der Waals surface area contributed by atoms with Crippen LogP contribution in [0, 0.1) is 23.2 Å². The standard InChI is InChI=1S/C25H35ClN2S/c26-11-10-22-17-12-24(19-4-2-1-3-5-19)13-18(22)15-25(14-17,16-24)23(29)28-21-8-6-20(27)7-9-21/h1-5,17-18,20-22H,6-16,27H2,(H,28,29)/t17?,18?,20-,21-,22?,24?,25?. The van der Waals surface area contributed by atoms with Crippen molar-refractivity contribution >= 4 is 28.8 Å². The lowest BCUT2D eigenvalue weighted by Gasteiger charge is -2.65. The van der Waals surface area contributed by atoms with Crippen LogP contribution in [0.1, 0.15) is 69.8 Å². The number of nitrogens with two attached hydrogens (primary N) is 1. The molecule has 0 saturated heterocycles. The minimum Gasteiger partial charge on any atom is -0.376 e. The SMILES string of the molecule is N[C@H]1CC[C@H](NC(=S)C23CC4CC(c5ccccc5)(CC(C2)C4CCCl)C3)CC1. The van der Waals surface area contributed by atoms with Crippen molar-refractivity contribution in [2.45, 2.75) is 81.7 Å². The first-order valence-corrected chi connectivity index (χ1v) is 12.7. The number of benzene rings is 1. The highest BCUT2D eigenvalue weighted by atomic mass is 35.5. The number of alkyl halides is 1. The minimum atomic E-state index is 0.194. The third-order valence-corrected chi connectivity index (χ3v) is 9.69. The van der Waals surface area contributed by atoms with E-state index in [0.717, 1.165) is 36.5 Å².